The smallest absolute Gasteiger partial charge is 0.246 e. The van der Waals surface area contributed by atoms with E-state index in [1.54, 1.807) is 18.2 Å². The number of nitrogens with one attached hydrogen (secondary N) is 1. The highest BCUT2D eigenvalue weighted by molar-refractivity contribution is 7.90. The number of pyridine rings is 1. The Morgan fingerprint density at radius 2 is 1.79 bits per heavy atom. The summed E-state index contributed by atoms with van der Waals surface area (Å²) in [6.45, 7) is 2.61. The predicted octanol–water partition coefficient (Wildman–Crippen LogP) is 5.45. The van der Waals surface area contributed by atoms with Gasteiger partial charge in [0.2, 0.25) is 11.8 Å². The van der Waals surface area contributed by atoms with Gasteiger partial charge in [0.25, 0.3) is 0 Å². The number of anilines is 1. The van der Waals surface area contributed by atoms with Gasteiger partial charge in [0.05, 0.1) is 16.1 Å². The van der Waals surface area contributed by atoms with Gasteiger partial charge in [-0.15, -0.1) is 0 Å². The molecule has 0 unspecified atom stereocenters. The highest BCUT2D eigenvalue weighted by Gasteiger charge is 2.41. The van der Waals surface area contributed by atoms with Crippen LogP contribution in [-0.4, -0.2) is 41.4 Å². The zero-order chi connectivity index (χ0) is 26.3. The van der Waals surface area contributed by atoms with Crippen LogP contribution in [0.1, 0.15) is 37.3 Å². The van der Waals surface area contributed by atoms with E-state index in [-0.39, 0.29) is 10.5 Å². The maximum absolute atomic E-state index is 12.0. The molecule has 1 fully saturated rings. The molecule has 2 aromatic heterocycles. The molecule has 1 aliphatic heterocycles. The van der Waals surface area contributed by atoms with Gasteiger partial charge in [-0.3, -0.25) is 4.99 Å². The van der Waals surface area contributed by atoms with E-state index in [0.717, 1.165) is 24.8 Å². The third-order valence-corrected chi connectivity index (χ3v) is 7.90. The molecule has 2 aromatic carbocycles. The van der Waals surface area contributed by atoms with Crippen LogP contribution in [0.2, 0.25) is 0 Å². The van der Waals surface area contributed by atoms with Crippen LogP contribution in [0.15, 0.2) is 76.8 Å². The Balaban J connectivity index is 1.29. The van der Waals surface area contributed by atoms with E-state index in [0.29, 0.717) is 40.7 Å². The van der Waals surface area contributed by atoms with Crippen LogP contribution in [-0.2, 0) is 16.4 Å². The van der Waals surface area contributed by atoms with Crippen LogP contribution in [0.3, 0.4) is 0 Å². The fourth-order valence-corrected chi connectivity index (χ4v) is 4.92. The molecule has 1 saturated carbocycles. The Labute approximate surface area is 221 Å². The minimum absolute atomic E-state index is 0.246. The number of hydrogen-bond acceptors (Lipinski definition) is 8. The zero-order valence-electron chi connectivity index (χ0n) is 21.2. The molecule has 9 heteroatoms. The van der Waals surface area contributed by atoms with Crippen molar-refractivity contribution in [3.63, 3.8) is 0 Å². The molecule has 0 spiro atoms. The Morgan fingerprint density at radius 1 is 0.974 bits per heavy atom. The normalized spacial score (nSPS) is 15.9. The van der Waals surface area contributed by atoms with Crippen molar-refractivity contribution in [1.82, 2.24) is 15.0 Å². The maximum Gasteiger partial charge on any atom is 0.246 e. The summed E-state index contributed by atoms with van der Waals surface area (Å²) in [7, 11) is -3.34. The summed E-state index contributed by atoms with van der Waals surface area (Å²) in [5.74, 6) is 0.878. The van der Waals surface area contributed by atoms with Crippen LogP contribution in [0, 0.1) is 0 Å². The molecular weight excluding hydrogens is 498 g/mol. The van der Waals surface area contributed by atoms with Crippen molar-refractivity contribution >= 4 is 38.6 Å². The van der Waals surface area contributed by atoms with Crippen molar-refractivity contribution in [3.8, 4) is 17.1 Å². The maximum atomic E-state index is 12.0. The number of rotatable bonds is 8. The first-order valence-corrected chi connectivity index (χ1v) is 14.4. The fraction of sp³-hybridized carbons (Fsp3) is 0.241. The number of nitrogens with zero attached hydrogens (tertiary/aromatic N) is 4. The van der Waals surface area contributed by atoms with Gasteiger partial charge in [0, 0.05) is 37.2 Å². The van der Waals surface area contributed by atoms with Crippen LogP contribution >= 0.6 is 0 Å². The average molecular weight is 526 g/mol. The van der Waals surface area contributed by atoms with Crippen molar-refractivity contribution in [1.29, 1.82) is 0 Å². The van der Waals surface area contributed by atoms with Crippen molar-refractivity contribution in [2.24, 2.45) is 4.99 Å². The highest BCUT2D eigenvalue weighted by atomic mass is 32.2. The molecule has 0 atom stereocenters. The van der Waals surface area contributed by atoms with Gasteiger partial charge in [-0.05, 0) is 60.7 Å². The van der Waals surface area contributed by atoms with E-state index in [1.807, 2.05) is 30.6 Å². The van der Waals surface area contributed by atoms with E-state index in [9.17, 15) is 8.42 Å². The third-order valence-electron chi connectivity index (χ3n) is 6.79. The van der Waals surface area contributed by atoms with Gasteiger partial charge in [-0.2, -0.15) is 4.98 Å². The van der Waals surface area contributed by atoms with Gasteiger partial charge in [-0.25, -0.2) is 18.4 Å². The van der Waals surface area contributed by atoms with Crippen molar-refractivity contribution in [3.05, 3.63) is 78.0 Å². The summed E-state index contributed by atoms with van der Waals surface area (Å²) < 4.78 is 30.4. The molecule has 38 heavy (non-hydrogen) atoms. The van der Waals surface area contributed by atoms with Gasteiger partial charge >= 0.3 is 0 Å². The molecule has 0 saturated heterocycles. The monoisotopic (exact) mass is 525 g/mol. The van der Waals surface area contributed by atoms with Crippen LogP contribution in [0.25, 0.3) is 27.9 Å². The van der Waals surface area contributed by atoms with Crippen LogP contribution < -0.4 is 10.1 Å². The van der Waals surface area contributed by atoms with Crippen molar-refractivity contribution < 1.29 is 13.2 Å². The number of aromatic nitrogens is 3. The Hall–Kier alpha value is -4.11. The van der Waals surface area contributed by atoms with E-state index in [1.165, 1.54) is 17.4 Å². The second-order valence-corrected chi connectivity index (χ2v) is 12.0. The van der Waals surface area contributed by atoms with E-state index < -0.39 is 9.84 Å². The lowest BCUT2D eigenvalue weighted by atomic mass is 10.0. The highest BCUT2D eigenvalue weighted by Crippen LogP contribution is 2.41. The van der Waals surface area contributed by atoms with E-state index in [4.69, 9.17) is 9.72 Å². The molecule has 8 nitrogen and oxygen atoms in total. The number of allylic oxidation sites excluding steroid dienone is 1. The van der Waals surface area contributed by atoms with Crippen molar-refractivity contribution in [2.75, 3.05) is 11.6 Å². The summed E-state index contributed by atoms with van der Waals surface area (Å²) in [5.41, 5.74) is 5.74. The summed E-state index contributed by atoms with van der Waals surface area (Å²) >= 11 is 0. The summed E-state index contributed by atoms with van der Waals surface area (Å²) in [6, 6.07) is 18.8. The molecule has 1 aliphatic carbocycles. The van der Waals surface area contributed by atoms with Crippen molar-refractivity contribution in [2.45, 2.75) is 43.2 Å². The molecule has 0 amide bonds. The third kappa shape index (κ3) is 5.15. The molecule has 192 valence electrons. The largest absolute Gasteiger partial charge is 0.470 e. The summed E-state index contributed by atoms with van der Waals surface area (Å²) in [4.78, 5) is 18.6. The first-order valence-electron chi connectivity index (χ1n) is 12.5. The second kappa shape index (κ2) is 9.33. The number of sulfone groups is 1. The Bertz CT molecular complexity index is 1710. The van der Waals surface area contributed by atoms with Crippen LogP contribution in [0.4, 0.5) is 5.95 Å². The minimum Gasteiger partial charge on any atom is -0.470 e. The molecule has 0 bridgehead atoms. The van der Waals surface area contributed by atoms with E-state index in [2.05, 4.69) is 51.5 Å². The average Bonchev–Trinajstić information content (AvgIpc) is 3.39. The Morgan fingerprint density at radius 3 is 2.50 bits per heavy atom. The lowest BCUT2D eigenvalue weighted by Gasteiger charge is -2.15. The van der Waals surface area contributed by atoms with E-state index >= 15 is 0 Å². The number of benzene rings is 2. The Kier molecular flexibility index (Phi) is 5.95. The van der Waals surface area contributed by atoms with Gasteiger partial charge in [0.1, 0.15) is 5.60 Å². The lowest BCUT2D eigenvalue weighted by Crippen LogP contribution is -2.15. The first kappa shape index (κ1) is 24.2. The molecule has 0 radical (unpaired) electrons. The summed E-state index contributed by atoms with van der Waals surface area (Å²) in [5, 5.41) is 3.32. The predicted molar refractivity (Wildman–Crippen MR) is 149 cm³/mol. The number of hydrogen-bond donors (Lipinski definition) is 1. The van der Waals surface area contributed by atoms with Gasteiger partial charge in [0.15, 0.2) is 15.4 Å². The second-order valence-electron chi connectivity index (χ2n) is 10.0. The zero-order valence-corrected chi connectivity index (χ0v) is 22.0. The molecule has 4 aromatic rings. The number of aliphatic imine (C=N–C) groups is 1. The lowest BCUT2D eigenvalue weighted by molar-refractivity contribution is 0.194. The van der Waals surface area contributed by atoms with Gasteiger partial charge < -0.3 is 10.1 Å². The summed E-state index contributed by atoms with van der Waals surface area (Å²) in [6.07, 6.45) is 7.77. The molecule has 1 N–H and O–H groups in total. The molecular formula is C29H27N5O3S. The standard InChI is InChI=1S/C29H27N5O3S/c1-29(13-14-29)37-27-26-25(11-10-24(32-26)21-4-3-5-23(16-21)38(2,35)36)33-28(34-27)31-17-19-6-8-20(9-7-19)22-12-15-30-18-22/h3-11,15-16,18H,12-14,17H2,1-2H3,(H,31,33,34). The van der Waals surface area contributed by atoms with Gasteiger partial charge in [-0.1, -0.05) is 36.4 Å². The SMILES string of the molecule is CC1(Oc2nc(NCc3ccc(C4=CN=CC4)cc3)nc3ccc(-c4cccc(S(C)(=O)=O)c4)nc23)CC1. The van der Waals surface area contributed by atoms with Crippen LogP contribution in [0.5, 0.6) is 5.88 Å². The molecule has 3 heterocycles. The molecule has 6 rings (SSSR count). The molecule has 2 aliphatic rings. The fourth-order valence-electron chi connectivity index (χ4n) is 4.25. The number of fused-ring (bicyclic) bond motifs is 1. The topological polar surface area (TPSA) is 106 Å². The first-order chi connectivity index (χ1) is 18.3. The number of ether oxygens (including phenoxy) is 1. The quantitative estimate of drug-likeness (QED) is 0.326. The minimum atomic E-state index is -3.34.